The number of sulfonamides is 1. The van der Waals surface area contributed by atoms with Gasteiger partial charge < -0.3 is 10.4 Å². The van der Waals surface area contributed by atoms with Crippen molar-refractivity contribution in [2.45, 2.75) is 56.1 Å². The van der Waals surface area contributed by atoms with E-state index < -0.39 is 10.0 Å². The maximum Gasteiger partial charge on any atom is 0.240 e. The average molecular weight is 312 g/mol. The van der Waals surface area contributed by atoms with Crippen LogP contribution in [0.1, 0.15) is 39.0 Å². The molecule has 0 radical (unpaired) electrons. The van der Waals surface area contributed by atoms with Crippen LogP contribution in [0, 0.1) is 0 Å². The molecule has 118 valence electrons. The van der Waals surface area contributed by atoms with Gasteiger partial charge in [0, 0.05) is 12.2 Å². The molecule has 0 heterocycles. The van der Waals surface area contributed by atoms with Crippen LogP contribution in [0.4, 0.5) is 5.69 Å². The van der Waals surface area contributed by atoms with Gasteiger partial charge in [0.05, 0.1) is 17.0 Å². The molecule has 21 heavy (non-hydrogen) atoms. The van der Waals surface area contributed by atoms with Gasteiger partial charge in [-0.3, -0.25) is 0 Å². The van der Waals surface area contributed by atoms with E-state index in [9.17, 15) is 13.5 Å². The third kappa shape index (κ3) is 4.43. The SMILES string of the molecule is CCNS(=O)(=O)c1ccc(NC2CCCCCC2O)cc1. The van der Waals surface area contributed by atoms with Crippen LogP contribution in [-0.2, 0) is 10.0 Å². The Morgan fingerprint density at radius 2 is 1.81 bits per heavy atom. The fourth-order valence-electron chi connectivity index (χ4n) is 2.67. The molecule has 0 saturated heterocycles. The van der Waals surface area contributed by atoms with Crippen molar-refractivity contribution in [1.82, 2.24) is 4.72 Å². The van der Waals surface area contributed by atoms with E-state index in [2.05, 4.69) is 10.0 Å². The van der Waals surface area contributed by atoms with Gasteiger partial charge in [-0.25, -0.2) is 13.1 Å². The molecular formula is C15H24N2O3S. The first kappa shape index (κ1) is 16.3. The maximum atomic E-state index is 11.9. The highest BCUT2D eigenvalue weighted by molar-refractivity contribution is 7.89. The zero-order valence-corrected chi connectivity index (χ0v) is 13.2. The lowest BCUT2D eigenvalue weighted by Crippen LogP contribution is -2.32. The van der Waals surface area contributed by atoms with Crippen molar-refractivity contribution >= 4 is 15.7 Å². The molecule has 0 aromatic heterocycles. The Hall–Kier alpha value is -1.11. The molecule has 1 aromatic carbocycles. The summed E-state index contributed by atoms with van der Waals surface area (Å²) in [4.78, 5) is 0.260. The highest BCUT2D eigenvalue weighted by Gasteiger charge is 2.21. The zero-order valence-electron chi connectivity index (χ0n) is 12.4. The zero-order chi connectivity index (χ0) is 15.3. The predicted molar refractivity (Wildman–Crippen MR) is 83.8 cm³/mol. The van der Waals surface area contributed by atoms with E-state index in [0.717, 1.165) is 37.8 Å². The first-order valence-electron chi connectivity index (χ1n) is 7.57. The first-order chi connectivity index (χ1) is 10.0. The molecule has 2 unspecified atom stereocenters. The summed E-state index contributed by atoms with van der Waals surface area (Å²) in [7, 11) is -3.40. The molecular weight excluding hydrogens is 288 g/mol. The second kappa shape index (κ2) is 7.24. The van der Waals surface area contributed by atoms with E-state index in [0.29, 0.717) is 6.54 Å². The van der Waals surface area contributed by atoms with Crippen LogP contribution in [-0.4, -0.2) is 32.2 Å². The Kier molecular flexibility index (Phi) is 5.61. The van der Waals surface area contributed by atoms with E-state index in [1.807, 2.05) is 0 Å². The summed E-state index contributed by atoms with van der Waals surface area (Å²) >= 11 is 0. The Morgan fingerprint density at radius 3 is 2.48 bits per heavy atom. The van der Waals surface area contributed by atoms with Gasteiger partial charge >= 0.3 is 0 Å². The van der Waals surface area contributed by atoms with Crippen molar-refractivity contribution < 1.29 is 13.5 Å². The summed E-state index contributed by atoms with van der Waals surface area (Å²) in [5.41, 5.74) is 0.844. The van der Waals surface area contributed by atoms with Gasteiger partial charge in [0.15, 0.2) is 0 Å². The van der Waals surface area contributed by atoms with Crippen molar-refractivity contribution in [3.8, 4) is 0 Å². The summed E-state index contributed by atoms with van der Waals surface area (Å²) in [6.45, 7) is 2.12. The van der Waals surface area contributed by atoms with Crippen molar-refractivity contribution in [2.24, 2.45) is 0 Å². The number of benzene rings is 1. The summed E-state index contributed by atoms with van der Waals surface area (Å²) in [5.74, 6) is 0. The van der Waals surface area contributed by atoms with Crippen LogP contribution in [0.3, 0.4) is 0 Å². The van der Waals surface area contributed by atoms with E-state index >= 15 is 0 Å². The van der Waals surface area contributed by atoms with Crippen LogP contribution in [0.25, 0.3) is 0 Å². The number of aliphatic hydroxyl groups is 1. The average Bonchev–Trinajstić information content (AvgIpc) is 2.65. The van der Waals surface area contributed by atoms with Crippen molar-refractivity contribution in [3.05, 3.63) is 24.3 Å². The summed E-state index contributed by atoms with van der Waals surface area (Å²) in [5, 5.41) is 13.4. The molecule has 1 aliphatic carbocycles. The fourth-order valence-corrected chi connectivity index (χ4v) is 3.72. The maximum absolute atomic E-state index is 11.9. The molecule has 2 rings (SSSR count). The minimum Gasteiger partial charge on any atom is -0.391 e. The highest BCUT2D eigenvalue weighted by atomic mass is 32.2. The van der Waals surface area contributed by atoms with Gasteiger partial charge in [0.25, 0.3) is 0 Å². The minimum atomic E-state index is -3.40. The molecule has 0 aliphatic heterocycles. The smallest absolute Gasteiger partial charge is 0.240 e. The number of anilines is 1. The number of aliphatic hydroxyl groups excluding tert-OH is 1. The summed E-state index contributed by atoms with van der Waals surface area (Å²) in [6.07, 6.45) is 4.77. The van der Waals surface area contributed by atoms with Crippen molar-refractivity contribution in [1.29, 1.82) is 0 Å². The topological polar surface area (TPSA) is 78.4 Å². The molecule has 6 heteroatoms. The largest absolute Gasteiger partial charge is 0.391 e. The Labute approximate surface area is 126 Å². The standard InChI is InChI=1S/C15H24N2O3S/c1-2-16-21(19,20)13-10-8-12(9-11-13)17-14-6-4-3-5-7-15(14)18/h8-11,14-18H,2-7H2,1H3. The van der Waals surface area contributed by atoms with Gasteiger partial charge in [0.2, 0.25) is 10.0 Å². The number of hydrogen-bond acceptors (Lipinski definition) is 4. The van der Waals surface area contributed by atoms with Gasteiger partial charge in [-0.15, -0.1) is 0 Å². The molecule has 1 aliphatic rings. The van der Waals surface area contributed by atoms with Gasteiger partial charge in [-0.05, 0) is 37.1 Å². The molecule has 0 amide bonds. The highest BCUT2D eigenvalue weighted by Crippen LogP contribution is 2.22. The molecule has 1 aromatic rings. The normalized spacial score (nSPS) is 23.5. The minimum absolute atomic E-state index is 0.0451. The van der Waals surface area contributed by atoms with Crippen LogP contribution < -0.4 is 10.0 Å². The van der Waals surface area contributed by atoms with E-state index in [-0.39, 0.29) is 17.0 Å². The lowest BCUT2D eigenvalue weighted by atomic mass is 10.1. The molecule has 0 bridgehead atoms. The van der Waals surface area contributed by atoms with Gasteiger partial charge in [-0.1, -0.05) is 26.2 Å². The van der Waals surface area contributed by atoms with Gasteiger partial charge in [0.1, 0.15) is 0 Å². The van der Waals surface area contributed by atoms with Crippen molar-refractivity contribution in [3.63, 3.8) is 0 Å². The lowest BCUT2D eigenvalue weighted by molar-refractivity contribution is 0.144. The first-order valence-corrected chi connectivity index (χ1v) is 9.05. The van der Waals surface area contributed by atoms with Crippen molar-refractivity contribution in [2.75, 3.05) is 11.9 Å². The Bertz CT molecular complexity index is 543. The number of nitrogens with one attached hydrogen (secondary N) is 2. The third-order valence-corrected chi connectivity index (χ3v) is 5.39. The van der Waals surface area contributed by atoms with Gasteiger partial charge in [-0.2, -0.15) is 0 Å². The Balaban J connectivity index is 2.05. The quantitative estimate of drug-likeness (QED) is 0.728. The number of hydrogen-bond donors (Lipinski definition) is 3. The third-order valence-electron chi connectivity index (χ3n) is 3.83. The van der Waals surface area contributed by atoms with Crippen LogP contribution in [0.2, 0.25) is 0 Å². The number of rotatable bonds is 5. The fraction of sp³-hybridized carbons (Fsp3) is 0.600. The molecule has 1 saturated carbocycles. The molecule has 2 atom stereocenters. The molecule has 3 N–H and O–H groups in total. The molecule has 0 spiro atoms. The van der Waals surface area contributed by atoms with E-state index in [1.54, 1.807) is 31.2 Å². The Morgan fingerprint density at radius 1 is 1.14 bits per heavy atom. The second-order valence-electron chi connectivity index (χ2n) is 5.48. The molecule has 5 nitrogen and oxygen atoms in total. The van der Waals surface area contributed by atoms with Crippen LogP contribution >= 0.6 is 0 Å². The monoisotopic (exact) mass is 312 g/mol. The predicted octanol–water partition coefficient (Wildman–Crippen LogP) is 2.09. The summed E-state index contributed by atoms with van der Waals surface area (Å²) in [6, 6.07) is 6.72. The molecule has 1 fully saturated rings. The van der Waals surface area contributed by atoms with Crippen LogP contribution in [0.5, 0.6) is 0 Å². The van der Waals surface area contributed by atoms with E-state index in [1.165, 1.54) is 0 Å². The summed E-state index contributed by atoms with van der Waals surface area (Å²) < 4.78 is 26.2. The lowest BCUT2D eigenvalue weighted by Gasteiger charge is -2.23. The van der Waals surface area contributed by atoms with E-state index in [4.69, 9.17) is 0 Å². The van der Waals surface area contributed by atoms with Crippen LogP contribution in [0.15, 0.2) is 29.2 Å². The second-order valence-corrected chi connectivity index (χ2v) is 7.25.